The molecule has 0 saturated heterocycles. The minimum Gasteiger partial charge on any atom is -0.308 e. The summed E-state index contributed by atoms with van der Waals surface area (Å²) in [6.07, 6.45) is 3.68. The third-order valence-electron chi connectivity index (χ3n) is 11.8. The summed E-state index contributed by atoms with van der Waals surface area (Å²) in [5.74, 6) is 0. The van der Waals surface area contributed by atoms with Crippen molar-refractivity contribution >= 4 is 85.0 Å². The summed E-state index contributed by atoms with van der Waals surface area (Å²) in [6, 6.07) is 52.3. The molecule has 0 N–H and O–H groups in total. The molecule has 11 aromatic rings. The summed E-state index contributed by atoms with van der Waals surface area (Å²) in [5.41, 5.74) is 14.9. The summed E-state index contributed by atoms with van der Waals surface area (Å²) in [4.78, 5) is 9.38. The minimum atomic E-state index is -0.409. The molecule has 0 bridgehead atoms. The maximum Gasteiger partial charge on any atom is 0.116 e. The summed E-state index contributed by atoms with van der Waals surface area (Å²) in [7, 11) is 0. The number of benzene rings is 7. The van der Waals surface area contributed by atoms with Gasteiger partial charge in [-0.3, -0.25) is 0 Å². The van der Waals surface area contributed by atoms with Crippen molar-refractivity contribution in [2.45, 2.75) is 5.41 Å². The Bertz CT molecular complexity index is 3320. The van der Waals surface area contributed by atoms with Crippen molar-refractivity contribution in [3.05, 3.63) is 174 Å². The van der Waals surface area contributed by atoms with E-state index in [1.165, 1.54) is 102 Å². The maximum absolute atomic E-state index is 4.91. The van der Waals surface area contributed by atoms with E-state index in [-0.39, 0.29) is 0 Å². The minimum absolute atomic E-state index is 0.409. The van der Waals surface area contributed by atoms with Gasteiger partial charge in [-0.25, -0.2) is 9.97 Å². The van der Waals surface area contributed by atoms with E-state index in [0.29, 0.717) is 0 Å². The lowest BCUT2D eigenvalue weighted by Gasteiger charge is -2.30. The average molecular weight is 696 g/mol. The molecule has 2 aliphatic rings. The van der Waals surface area contributed by atoms with Crippen molar-refractivity contribution in [2.24, 2.45) is 0 Å². The van der Waals surface area contributed by atoms with Gasteiger partial charge >= 0.3 is 0 Å². The van der Waals surface area contributed by atoms with Gasteiger partial charge in [-0.05, 0) is 68.8 Å². The average Bonchev–Trinajstić information content (AvgIpc) is 3.99. The van der Waals surface area contributed by atoms with Crippen molar-refractivity contribution in [1.82, 2.24) is 14.5 Å². The van der Waals surface area contributed by atoms with Gasteiger partial charge in [0.15, 0.2) is 0 Å². The second kappa shape index (κ2) is 9.59. The molecule has 5 heteroatoms. The third-order valence-corrected chi connectivity index (χ3v) is 14.1. The van der Waals surface area contributed by atoms with E-state index >= 15 is 0 Å². The Morgan fingerprint density at radius 2 is 1.12 bits per heavy atom. The van der Waals surface area contributed by atoms with E-state index in [0.717, 1.165) is 10.2 Å². The van der Waals surface area contributed by atoms with Crippen LogP contribution in [-0.4, -0.2) is 14.5 Å². The molecular weight excluding hydrogens is 671 g/mol. The first-order chi connectivity index (χ1) is 25.8. The van der Waals surface area contributed by atoms with Gasteiger partial charge in [-0.1, -0.05) is 115 Å². The Hall–Kier alpha value is -6.14. The molecule has 0 amide bonds. The molecular formula is C47H25N3S2. The SMILES string of the molecule is c1ccc2c(c1)-c1ccccc1C21c2ccccc2-c2ccc(-n3c4ccccc4c4c5c6ccccc6sc5c5c6ncncc6sc5c43)cc21. The highest BCUT2D eigenvalue weighted by Gasteiger charge is 2.51. The Labute approximate surface area is 305 Å². The predicted octanol–water partition coefficient (Wildman–Crippen LogP) is 12.7. The first kappa shape index (κ1) is 27.6. The molecule has 13 rings (SSSR count). The third kappa shape index (κ3) is 3.11. The van der Waals surface area contributed by atoms with E-state index in [4.69, 9.17) is 4.98 Å². The van der Waals surface area contributed by atoms with Crippen LogP contribution in [0.2, 0.25) is 0 Å². The molecule has 1 spiro atoms. The molecule has 4 heterocycles. The fourth-order valence-corrected chi connectivity index (χ4v) is 12.4. The van der Waals surface area contributed by atoms with Crippen molar-refractivity contribution in [3.63, 3.8) is 0 Å². The lowest BCUT2D eigenvalue weighted by Crippen LogP contribution is -2.26. The molecule has 2 aliphatic carbocycles. The van der Waals surface area contributed by atoms with Crippen LogP contribution < -0.4 is 0 Å². The Morgan fingerprint density at radius 1 is 0.500 bits per heavy atom. The Kier molecular flexibility index (Phi) is 5.08. The number of para-hydroxylation sites is 1. The van der Waals surface area contributed by atoms with E-state index in [2.05, 4.69) is 149 Å². The number of thiophene rings is 2. The first-order valence-corrected chi connectivity index (χ1v) is 19.3. The fraction of sp³-hybridized carbons (Fsp3) is 0.0213. The molecule has 7 aromatic carbocycles. The standard InChI is InChI=1S/C47H25N3S2/c1-6-16-33-27(11-1)28-12-2-7-17-34(28)47(33)35-18-8-3-13-29(35)30-22-21-26(23-36(30)47)50-37-19-9-4-14-31(37)40-41-32-15-5-10-20-38(32)51-45(41)42-43-39(24-48-25-49-43)52-46(42)44(40)50/h1-25H. The zero-order chi connectivity index (χ0) is 33.7. The van der Waals surface area contributed by atoms with Gasteiger partial charge in [-0.15, -0.1) is 22.7 Å². The monoisotopic (exact) mass is 695 g/mol. The molecule has 0 atom stereocenters. The first-order valence-electron chi connectivity index (χ1n) is 17.6. The zero-order valence-electron chi connectivity index (χ0n) is 27.6. The van der Waals surface area contributed by atoms with E-state index in [1.54, 1.807) is 6.33 Å². The smallest absolute Gasteiger partial charge is 0.116 e. The quantitative estimate of drug-likeness (QED) is 0.171. The van der Waals surface area contributed by atoms with Gasteiger partial charge in [0.1, 0.15) is 6.33 Å². The van der Waals surface area contributed by atoms with Crippen LogP contribution in [-0.2, 0) is 5.41 Å². The topological polar surface area (TPSA) is 30.7 Å². The summed E-state index contributed by atoms with van der Waals surface area (Å²) in [6.45, 7) is 0. The number of hydrogen-bond acceptors (Lipinski definition) is 4. The van der Waals surface area contributed by atoms with Crippen molar-refractivity contribution in [2.75, 3.05) is 0 Å². The Balaban J connectivity index is 1.23. The van der Waals surface area contributed by atoms with Gasteiger partial charge in [0, 0.05) is 48.2 Å². The highest BCUT2D eigenvalue weighted by Crippen LogP contribution is 2.63. The van der Waals surface area contributed by atoms with Crippen molar-refractivity contribution in [1.29, 1.82) is 0 Å². The van der Waals surface area contributed by atoms with Crippen molar-refractivity contribution < 1.29 is 0 Å². The van der Waals surface area contributed by atoms with Crippen LogP contribution in [0.3, 0.4) is 0 Å². The number of fused-ring (bicyclic) bond motifs is 22. The lowest BCUT2D eigenvalue weighted by molar-refractivity contribution is 0.792. The zero-order valence-corrected chi connectivity index (χ0v) is 29.2. The summed E-state index contributed by atoms with van der Waals surface area (Å²) >= 11 is 3.70. The van der Waals surface area contributed by atoms with Gasteiger partial charge < -0.3 is 4.57 Å². The predicted molar refractivity (Wildman–Crippen MR) is 218 cm³/mol. The van der Waals surface area contributed by atoms with Crippen LogP contribution in [0.5, 0.6) is 0 Å². The van der Waals surface area contributed by atoms with E-state index < -0.39 is 5.41 Å². The highest BCUT2D eigenvalue weighted by molar-refractivity contribution is 7.30. The van der Waals surface area contributed by atoms with Gasteiger partial charge in [0.05, 0.1) is 31.4 Å². The summed E-state index contributed by atoms with van der Waals surface area (Å²) in [5, 5.41) is 6.43. The van der Waals surface area contributed by atoms with Gasteiger partial charge in [-0.2, -0.15) is 0 Å². The second-order valence-corrected chi connectivity index (χ2v) is 16.1. The second-order valence-electron chi connectivity index (χ2n) is 14.0. The number of aromatic nitrogens is 3. The maximum atomic E-state index is 4.91. The molecule has 240 valence electrons. The molecule has 0 radical (unpaired) electrons. The van der Waals surface area contributed by atoms with Crippen LogP contribution in [0.1, 0.15) is 22.3 Å². The normalized spacial score (nSPS) is 13.9. The van der Waals surface area contributed by atoms with Gasteiger partial charge in [0.25, 0.3) is 0 Å². The largest absolute Gasteiger partial charge is 0.308 e. The van der Waals surface area contributed by atoms with Crippen molar-refractivity contribution in [3.8, 4) is 27.9 Å². The number of rotatable bonds is 1. The fourth-order valence-electron chi connectivity index (χ4n) is 9.89. The van der Waals surface area contributed by atoms with Crippen LogP contribution >= 0.6 is 22.7 Å². The number of hydrogen-bond donors (Lipinski definition) is 0. The lowest BCUT2D eigenvalue weighted by atomic mass is 9.70. The van der Waals surface area contributed by atoms with Crippen LogP contribution in [0.25, 0.3) is 90.2 Å². The van der Waals surface area contributed by atoms with Gasteiger partial charge in [0.2, 0.25) is 0 Å². The Morgan fingerprint density at radius 3 is 1.87 bits per heavy atom. The highest BCUT2D eigenvalue weighted by atomic mass is 32.1. The van der Waals surface area contributed by atoms with E-state index in [1.807, 2.05) is 28.9 Å². The molecule has 0 saturated carbocycles. The molecule has 0 fully saturated rings. The van der Waals surface area contributed by atoms with Crippen LogP contribution in [0.4, 0.5) is 0 Å². The van der Waals surface area contributed by atoms with E-state index in [9.17, 15) is 0 Å². The van der Waals surface area contributed by atoms with Crippen LogP contribution in [0, 0.1) is 0 Å². The molecule has 52 heavy (non-hydrogen) atoms. The van der Waals surface area contributed by atoms with Crippen LogP contribution in [0.15, 0.2) is 152 Å². The molecule has 3 nitrogen and oxygen atoms in total. The molecule has 0 aliphatic heterocycles. The number of nitrogens with zero attached hydrogens (tertiary/aromatic N) is 3. The molecule has 0 unspecified atom stereocenters. The molecule has 4 aromatic heterocycles. The summed E-state index contributed by atoms with van der Waals surface area (Å²) < 4.78 is 7.52.